The van der Waals surface area contributed by atoms with Gasteiger partial charge in [0.05, 0.1) is 0 Å². The van der Waals surface area contributed by atoms with Crippen molar-refractivity contribution in [1.82, 2.24) is 0 Å². The average Bonchev–Trinajstić information content (AvgIpc) is 2.46. The average molecular weight is 500 g/mol. The van der Waals surface area contributed by atoms with Crippen molar-refractivity contribution in [2.75, 3.05) is 0 Å². The summed E-state index contributed by atoms with van der Waals surface area (Å²) in [5.41, 5.74) is -27.9. The molecule has 0 spiro atoms. The first-order valence-corrected chi connectivity index (χ1v) is 6.28. The molecule has 0 aromatic heterocycles. The molecule has 0 aromatic rings. The third kappa shape index (κ3) is 2.22. The monoisotopic (exact) mass is 500 g/mol. The number of rotatable bonds is 1. The summed E-state index contributed by atoms with van der Waals surface area (Å²) in [6.07, 6.45) is -25.8. The van der Waals surface area contributed by atoms with Gasteiger partial charge in [0.1, 0.15) is 0 Å². The second-order valence-electron chi connectivity index (χ2n) is 5.77. The van der Waals surface area contributed by atoms with Crippen molar-refractivity contribution >= 4 is 0 Å². The predicted octanol–water partition coefficient (Wildman–Crippen LogP) is 6.35. The van der Waals surface area contributed by atoms with Gasteiger partial charge in [-0.3, -0.25) is 0 Å². The van der Waals surface area contributed by atoms with E-state index in [1.807, 2.05) is 0 Å². The van der Waals surface area contributed by atoms with Gasteiger partial charge in [0, 0.05) is 0 Å². The van der Waals surface area contributed by atoms with E-state index in [0.29, 0.717) is 0 Å². The van der Waals surface area contributed by atoms with Gasteiger partial charge in [-0.25, -0.2) is 13.2 Å². The van der Waals surface area contributed by atoms with Crippen LogP contribution in [0.15, 0.2) is 0 Å². The molecule has 180 valence electrons. The maximum atomic E-state index is 14.3. The molecule has 0 nitrogen and oxygen atoms in total. The van der Waals surface area contributed by atoms with Gasteiger partial charge in [-0.05, 0) is 0 Å². The van der Waals surface area contributed by atoms with E-state index in [1.165, 1.54) is 0 Å². The van der Waals surface area contributed by atoms with E-state index in [-0.39, 0.29) is 0 Å². The minimum absolute atomic E-state index is 8.42. The van der Waals surface area contributed by atoms with Gasteiger partial charge in [0.15, 0.2) is 0 Å². The summed E-state index contributed by atoms with van der Waals surface area (Å²) in [6, 6.07) is 0. The molecule has 20 heteroatoms. The quantitative estimate of drug-likeness (QED) is 0.369. The molecule has 0 aromatic carbocycles. The maximum absolute atomic E-state index is 14.3. The second kappa shape index (κ2) is 5.69. The van der Waals surface area contributed by atoms with Gasteiger partial charge in [-0.2, -0.15) is 74.6 Å². The van der Waals surface area contributed by atoms with Crippen LogP contribution in [0.1, 0.15) is 0 Å². The third-order valence-corrected chi connectivity index (χ3v) is 4.17. The van der Waals surface area contributed by atoms with Crippen molar-refractivity contribution in [2.24, 2.45) is 0 Å². The summed E-state index contributed by atoms with van der Waals surface area (Å²) in [4.78, 5) is 0. The zero-order valence-electron chi connectivity index (χ0n) is 12.6. The number of halogens is 20. The molecule has 2 unspecified atom stereocenters. The third-order valence-electron chi connectivity index (χ3n) is 4.17. The highest BCUT2D eigenvalue weighted by Crippen LogP contribution is 2.77. The smallest absolute Gasteiger partial charge is 0.228 e. The molecule has 1 saturated carbocycles. The Morgan fingerprint density at radius 2 is 0.567 bits per heavy atom. The summed E-state index contributed by atoms with van der Waals surface area (Å²) in [5.74, 6) is -35.4. The van der Waals surface area contributed by atoms with Gasteiger partial charge >= 0.3 is 53.6 Å². The Morgan fingerprint density at radius 3 is 0.733 bits per heavy atom. The lowest BCUT2D eigenvalue weighted by atomic mass is 9.56. The van der Waals surface area contributed by atoms with Crippen molar-refractivity contribution in [3.63, 3.8) is 0 Å². The molecule has 0 radical (unpaired) electrons. The van der Waals surface area contributed by atoms with Crippen LogP contribution >= 0.6 is 0 Å². The molecule has 0 N–H and O–H groups in total. The lowest BCUT2D eigenvalue weighted by molar-refractivity contribution is -0.535. The summed E-state index contributed by atoms with van der Waals surface area (Å²) in [7, 11) is 0. The standard InChI is InChI=1S/C10F20/c11-1(6(18,19)10(28,29)30)2(12,8(22,23)24)4(14,15)7(20,21)5(16,17)3(1,13)9(25,26)27. The van der Waals surface area contributed by atoms with Crippen molar-refractivity contribution in [3.8, 4) is 0 Å². The van der Waals surface area contributed by atoms with Crippen LogP contribution in [-0.4, -0.2) is 59.2 Å². The molecule has 0 aliphatic heterocycles. The fourth-order valence-corrected chi connectivity index (χ4v) is 2.67. The van der Waals surface area contributed by atoms with Gasteiger partial charge < -0.3 is 0 Å². The van der Waals surface area contributed by atoms with E-state index in [2.05, 4.69) is 0 Å². The van der Waals surface area contributed by atoms with E-state index in [9.17, 15) is 87.8 Å². The Morgan fingerprint density at radius 1 is 0.333 bits per heavy atom. The minimum Gasteiger partial charge on any atom is -0.228 e. The fourth-order valence-electron chi connectivity index (χ4n) is 2.67. The lowest BCUT2D eigenvalue weighted by Gasteiger charge is -2.59. The molecule has 1 aliphatic rings. The first-order valence-electron chi connectivity index (χ1n) is 6.28. The van der Waals surface area contributed by atoms with Crippen molar-refractivity contribution < 1.29 is 87.8 Å². The first kappa shape index (κ1) is 26.6. The molecule has 0 heterocycles. The van der Waals surface area contributed by atoms with Crippen molar-refractivity contribution in [1.29, 1.82) is 0 Å². The molecular formula is C10F20. The highest BCUT2D eigenvalue weighted by molar-refractivity contribution is 5.39. The zero-order valence-corrected chi connectivity index (χ0v) is 12.6. The summed E-state index contributed by atoms with van der Waals surface area (Å²) in [5, 5.41) is 0. The van der Waals surface area contributed by atoms with Gasteiger partial charge in [-0.15, -0.1) is 0 Å². The Labute approximate surface area is 148 Å². The molecule has 0 saturated heterocycles. The highest BCUT2D eigenvalue weighted by atomic mass is 19.4. The lowest BCUT2D eigenvalue weighted by Crippen LogP contribution is -2.95. The van der Waals surface area contributed by atoms with E-state index < -0.39 is 59.2 Å². The largest absolute Gasteiger partial charge is 0.457 e. The molecule has 1 aliphatic carbocycles. The van der Waals surface area contributed by atoms with Crippen LogP contribution in [0.25, 0.3) is 0 Å². The van der Waals surface area contributed by atoms with Gasteiger partial charge in [0.2, 0.25) is 0 Å². The molecule has 0 bridgehead atoms. The Bertz CT molecular complexity index is 648. The van der Waals surface area contributed by atoms with Gasteiger partial charge in [-0.1, -0.05) is 0 Å². The highest BCUT2D eigenvalue weighted by Gasteiger charge is 3.12. The predicted molar refractivity (Wildman–Crippen MR) is 49.5 cm³/mol. The Kier molecular flexibility index (Phi) is 5.05. The maximum Gasteiger partial charge on any atom is 0.457 e. The molecule has 30 heavy (non-hydrogen) atoms. The van der Waals surface area contributed by atoms with E-state index >= 15 is 0 Å². The number of hydrogen-bond donors (Lipinski definition) is 0. The summed E-state index contributed by atoms with van der Waals surface area (Å²) >= 11 is 0. The SMILES string of the molecule is FC(F)(F)C(F)(F)C1(F)C(F)(C(F)(F)F)C(F)(F)C(F)(F)C(F)(F)C1(F)C(F)(F)F. The van der Waals surface area contributed by atoms with Crippen LogP contribution in [-0.2, 0) is 0 Å². The zero-order chi connectivity index (χ0) is 25.0. The topological polar surface area (TPSA) is 0 Å². The van der Waals surface area contributed by atoms with Crippen LogP contribution in [0.3, 0.4) is 0 Å². The number of alkyl halides is 20. The van der Waals surface area contributed by atoms with Crippen LogP contribution in [0, 0.1) is 0 Å². The number of hydrogen-bond acceptors (Lipinski definition) is 0. The normalized spacial score (nSPS) is 37.2. The molecular weight excluding hydrogens is 500 g/mol. The Balaban J connectivity index is 4.58. The first-order chi connectivity index (χ1) is 12.5. The van der Waals surface area contributed by atoms with E-state index in [0.717, 1.165) is 0 Å². The van der Waals surface area contributed by atoms with Crippen LogP contribution < -0.4 is 0 Å². The molecule has 1 fully saturated rings. The van der Waals surface area contributed by atoms with E-state index in [4.69, 9.17) is 0 Å². The summed E-state index contributed by atoms with van der Waals surface area (Å²) < 4.78 is 262. The second-order valence-corrected chi connectivity index (χ2v) is 5.77. The fraction of sp³-hybridized carbons (Fsp3) is 1.00. The van der Waals surface area contributed by atoms with Crippen LogP contribution in [0.5, 0.6) is 0 Å². The van der Waals surface area contributed by atoms with E-state index in [1.54, 1.807) is 0 Å². The van der Waals surface area contributed by atoms with Crippen LogP contribution in [0.2, 0.25) is 0 Å². The van der Waals surface area contributed by atoms with Crippen LogP contribution in [0.4, 0.5) is 87.8 Å². The van der Waals surface area contributed by atoms with Crippen molar-refractivity contribution in [3.05, 3.63) is 0 Å². The van der Waals surface area contributed by atoms with Gasteiger partial charge in [0.25, 0.3) is 5.67 Å². The Hall–Kier alpha value is -1.40. The molecule has 0 amide bonds. The minimum atomic E-state index is -9.46. The molecule has 1 rings (SSSR count). The summed E-state index contributed by atoms with van der Waals surface area (Å²) in [6.45, 7) is 0. The van der Waals surface area contributed by atoms with Crippen molar-refractivity contribution in [2.45, 2.75) is 59.2 Å². The molecule has 2 atom stereocenters.